The lowest BCUT2D eigenvalue weighted by molar-refractivity contribution is 0.276. The number of hydrogen-bond acceptors (Lipinski definition) is 2. The van der Waals surface area contributed by atoms with Crippen LogP contribution in [0, 0.1) is 0 Å². The van der Waals surface area contributed by atoms with Crippen molar-refractivity contribution in [3.63, 3.8) is 0 Å². The van der Waals surface area contributed by atoms with Crippen LogP contribution in [0.15, 0.2) is 28.7 Å². The highest BCUT2D eigenvalue weighted by atomic mass is 79.9. The summed E-state index contributed by atoms with van der Waals surface area (Å²) >= 11 is 3.44. The van der Waals surface area contributed by atoms with Gasteiger partial charge in [0.2, 0.25) is 0 Å². The lowest BCUT2D eigenvalue weighted by Gasteiger charge is -2.10. The first-order chi connectivity index (χ1) is 7.76. The smallest absolute Gasteiger partial charge is 0.320 e. The molecule has 0 amide bonds. The first-order valence-corrected chi connectivity index (χ1v) is 8.11. The van der Waals surface area contributed by atoms with Crippen molar-refractivity contribution in [1.29, 1.82) is 0 Å². The van der Waals surface area contributed by atoms with Crippen molar-refractivity contribution in [3.8, 4) is 0 Å². The number of halogens is 1. The Morgan fingerprint density at radius 1 is 1.06 bits per heavy atom. The molecule has 0 N–H and O–H groups in total. The third-order valence-electron chi connectivity index (χ3n) is 2.59. The van der Waals surface area contributed by atoms with Gasteiger partial charge in [-0.15, -0.1) is 0 Å². The molecule has 0 aliphatic heterocycles. The van der Waals surface area contributed by atoms with Crippen molar-refractivity contribution in [3.05, 3.63) is 34.3 Å². The third kappa shape index (κ3) is 5.25. The average Bonchev–Trinajstić information content (AvgIpc) is 2.32. The zero-order valence-corrected chi connectivity index (χ0v) is 12.7. The van der Waals surface area contributed by atoms with Crippen molar-refractivity contribution in [1.82, 2.24) is 0 Å². The van der Waals surface area contributed by atoms with Crippen molar-refractivity contribution >= 4 is 25.2 Å². The molecule has 0 aromatic heterocycles. The number of unbranched alkanes of at least 4 members (excludes halogenated alkanes) is 1. The Labute approximate surface area is 108 Å². The zero-order valence-electron chi connectivity index (χ0n) is 9.91. The van der Waals surface area contributed by atoms with E-state index in [1.807, 2.05) is 0 Å². The van der Waals surface area contributed by atoms with Crippen molar-refractivity contribution in [2.75, 3.05) is 14.2 Å². The highest BCUT2D eigenvalue weighted by molar-refractivity contribution is 9.10. The summed E-state index contributed by atoms with van der Waals surface area (Å²) in [4.78, 5) is 0. The van der Waals surface area contributed by atoms with Crippen molar-refractivity contribution in [2.24, 2.45) is 0 Å². The van der Waals surface area contributed by atoms with Crippen LogP contribution >= 0.6 is 15.9 Å². The fraction of sp³-hybridized carbons (Fsp3) is 0.500. The van der Waals surface area contributed by atoms with Gasteiger partial charge in [0.15, 0.2) is 0 Å². The molecule has 0 aliphatic rings. The van der Waals surface area contributed by atoms with Crippen LogP contribution in [0.4, 0.5) is 0 Å². The van der Waals surface area contributed by atoms with E-state index in [4.69, 9.17) is 8.85 Å². The van der Waals surface area contributed by atoms with Gasteiger partial charge in [-0.3, -0.25) is 0 Å². The molecule has 1 rings (SSSR count). The largest absolute Gasteiger partial charge is 0.400 e. The second-order valence-electron chi connectivity index (χ2n) is 3.77. The maximum absolute atomic E-state index is 5.28. The van der Waals surface area contributed by atoms with Crippen LogP contribution in [0.5, 0.6) is 0 Å². The topological polar surface area (TPSA) is 18.5 Å². The summed E-state index contributed by atoms with van der Waals surface area (Å²) in [5, 5.41) is 0. The van der Waals surface area contributed by atoms with E-state index in [-0.39, 0.29) is 0 Å². The Balaban J connectivity index is 2.18. The standard InChI is InChI=1S/C12H19BrO2Si/c1-14-16(15-2)10-4-3-5-11-6-8-12(13)9-7-11/h6-9,16H,3-5,10H2,1-2H3. The van der Waals surface area contributed by atoms with E-state index < -0.39 is 9.28 Å². The van der Waals surface area contributed by atoms with Gasteiger partial charge in [0, 0.05) is 18.7 Å². The maximum Gasteiger partial charge on any atom is 0.320 e. The quantitative estimate of drug-likeness (QED) is 0.568. The lowest BCUT2D eigenvalue weighted by atomic mass is 10.1. The summed E-state index contributed by atoms with van der Waals surface area (Å²) in [5.74, 6) is 0. The van der Waals surface area contributed by atoms with Crippen LogP contribution in [-0.4, -0.2) is 23.5 Å². The first kappa shape index (κ1) is 13.9. The van der Waals surface area contributed by atoms with E-state index >= 15 is 0 Å². The Kier molecular flexibility index (Phi) is 6.95. The van der Waals surface area contributed by atoms with Gasteiger partial charge in [0.25, 0.3) is 0 Å². The maximum atomic E-state index is 5.28. The molecule has 0 atom stereocenters. The van der Waals surface area contributed by atoms with E-state index in [0.717, 1.165) is 16.9 Å². The van der Waals surface area contributed by atoms with Gasteiger partial charge in [-0.25, -0.2) is 0 Å². The summed E-state index contributed by atoms with van der Waals surface area (Å²) in [7, 11) is 2.16. The second kappa shape index (κ2) is 8.01. The predicted molar refractivity (Wildman–Crippen MR) is 73.1 cm³/mol. The van der Waals surface area contributed by atoms with Crippen LogP contribution in [-0.2, 0) is 15.3 Å². The molecule has 0 unspecified atom stereocenters. The molecule has 1 aromatic carbocycles. The lowest BCUT2D eigenvalue weighted by Crippen LogP contribution is -2.18. The minimum absolute atomic E-state index is 1.10. The predicted octanol–water partition coefficient (Wildman–Crippen LogP) is 3.29. The number of benzene rings is 1. The highest BCUT2D eigenvalue weighted by Gasteiger charge is 2.07. The van der Waals surface area contributed by atoms with E-state index in [1.54, 1.807) is 14.2 Å². The minimum atomic E-state index is -1.33. The van der Waals surface area contributed by atoms with Crippen molar-refractivity contribution in [2.45, 2.75) is 25.3 Å². The van der Waals surface area contributed by atoms with Gasteiger partial charge >= 0.3 is 9.28 Å². The van der Waals surface area contributed by atoms with Gasteiger partial charge in [-0.1, -0.05) is 34.5 Å². The van der Waals surface area contributed by atoms with Gasteiger partial charge in [0.1, 0.15) is 0 Å². The first-order valence-electron chi connectivity index (χ1n) is 5.56. The molecular weight excluding hydrogens is 284 g/mol. The molecule has 16 heavy (non-hydrogen) atoms. The van der Waals surface area contributed by atoms with Crippen LogP contribution in [0.3, 0.4) is 0 Å². The molecule has 0 radical (unpaired) electrons. The van der Waals surface area contributed by atoms with Crippen LogP contribution in [0.25, 0.3) is 0 Å². The molecule has 0 saturated heterocycles. The van der Waals surface area contributed by atoms with Crippen LogP contribution < -0.4 is 0 Å². The number of rotatable bonds is 7. The Morgan fingerprint density at radius 3 is 2.25 bits per heavy atom. The van der Waals surface area contributed by atoms with E-state index in [2.05, 4.69) is 40.2 Å². The van der Waals surface area contributed by atoms with Crippen LogP contribution in [0.1, 0.15) is 18.4 Å². The van der Waals surface area contributed by atoms with Gasteiger partial charge < -0.3 is 8.85 Å². The summed E-state index contributed by atoms with van der Waals surface area (Å²) in [6.45, 7) is 0. The molecule has 0 spiro atoms. The molecule has 4 heteroatoms. The Bertz CT molecular complexity index is 286. The molecule has 0 heterocycles. The zero-order chi connectivity index (χ0) is 11.8. The van der Waals surface area contributed by atoms with Gasteiger partial charge in [-0.2, -0.15) is 0 Å². The van der Waals surface area contributed by atoms with E-state index in [9.17, 15) is 0 Å². The highest BCUT2D eigenvalue weighted by Crippen LogP contribution is 2.13. The average molecular weight is 303 g/mol. The molecule has 0 aliphatic carbocycles. The Morgan fingerprint density at radius 2 is 1.69 bits per heavy atom. The van der Waals surface area contributed by atoms with Crippen molar-refractivity contribution < 1.29 is 8.85 Å². The van der Waals surface area contributed by atoms with Gasteiger partial charge in [-0.05, 0) is 36.6 Å². The van der Waals surface area contributed by atoms with Gasteiger partial charge in [0.05, 0.1) is 0 Å². The minimum Gasteiger partial charge on any atom is -0.400 e. The molecule has 2 nitrogen and oxygen atoms in total. The monoisotopic (exact) mass is 302 g/mol. The molecule has 90 valence electrons. The summed E-state index contributed by atoms with van der Waals surface area (Å²) < 4.78 is 11.7. The normalized spacial score (nSPS) is 11.0. The summed E-state index contributed by atoms with van der Waals surface area (Å²) in [6, 6.07) is 9.63. The molecule has 0 fully saturated rings. The SMILES string of the molecule is CO[SiH](CCCCc1ccc(Br)cc1)OC. The fourth-order valence-electron chi connectivity index (χ4n) is 1.62. The number of aryl methyl sites for hydroxylation is 1. The molecular formula is C12H19BrO2Si. The summed E-state index contributed by atoms with van der Waals surface area (Å²) in [6.07, 6.45) is 3.54. The van der Waals surface area contributed by atoms with Crippen LogP contribution in [0.2, 0.25) is 6.04 Å². The molecule has 1 aromatic rings. The van der Waals surface area contributed by atoms with E-state index in [0.29, 0.717) is 0 Å². The molecule has 0 saturated carbocycles. The van der Waals surface area contributed by atoms with E-state index in [1.165, 1.54) is 18.4 Å². The fourth-order valence-corrected chi connectivity index (χ4v) is 3.17. The second-order valence-corrected chi connectivity index (χ2v) is 7.07. The molecule has 0 bridgehead atoms. The summed E-state index contributed by atoms with van der Waals surface area (Å²) in [5.41, 5.74) is 1.40. The Hall–Kier alpha value is -0.163. The third-order valence-corrected chi connectivity index (χ3v) is 5.05. The number of hydrogen-bond donors (Lipinski definition) is 0.